The second-order valence-corrected chi connectivity index (χ2v) is 2.68. The van der Waals surface area contributed by atoms with Crippen LogP contribution >= 0.6 is 0 Å². The van der Waals surface area contributed by atoms with Gasteiger partial charge in [-0.2, -0.15) is 10.4 Å². The molecule has 0 radical (unpaired) electrons. The molecule has 0 aliphatic heterocycles. The summed E-state index contributed by atoms with van der Waals surface area (Å²) in [6.07, 6.45) is 3.98. The standard InChI is InChI=1S/C8H9N3O/c1-7(6-12)4-11-5-8(2-9)3-10-11/h3,5-7H,4H2,1H3. The summed E-state index contributed by atoms with van der Waals surface area (Å²) < 4.78 is 1.59. The minimum absolute atomic E-state index is 0.0588. The van der Waals surface area contributed by atoms with Crippen molar-refractivity contribution in [1.82, 2.24) is 9.78 Å². The largest absolute Gasteiger partial charge is 0.303 e. The summed E-state index contributed by atoms with van der Waals surface area (Å²) in [4.78, 5) is 10.3. The first-order valence-electron chi connectivity index (χ1n) is 3.64. The van der Waals surface area contributed by atoms with E-state index < -0.39 is 0 Å². The molecule has 0 amide bonds. The SMILES string of the molecule is CC(C=O)Cn1cc(C#N)cn1. The molecule has 12 heavy (non-hydrogen) atoms. The number of aromatic nitrogens is 2. The van der Waals surface area contributed by atoms with Crippen molar-refractivity contribution < 1.29 is 4.79 Å². The van der Waals surface area contributed by atoms with Gasteiger partial charge in [0.15, 0.2) is 0 Å². The molecule has 0 N–H and O–H groups in total. The molecule has 0 saturated carbocycles. The lowest BCUT2D eigenvalue weighted by Crippen LogP contribution is -2.08. The maximum atomic E-state index is 10.3. The van der Waals surface area contributed by atoms with Gasteiger partial charge in [0.25, 0.3) is 0 Å². The molecule has 4 heteroatoms. The van der Waals surface area contributed by atoms with Gasteiger partial charge < -0.3 is 4.79 Å². The summed E-state index contributed by atoms with van der Waals surface area (Å²) in [6, 6.07) is 1.97. The van der Waals surface area contributed by atoms with Crippen LogP contribution in [0.3, 0.4) is 0 Å². The average molecular weight is 163 g/mol. The van der Waals surface area contributed by atoms with E-state index in [4.69, 9.17) is 5.26 Å². The summed E-state index contributed by atoms with van der Waals surface area (Å²) in [6.45, 7) is 2.34. The quantitative estimate of drug-likeness (QED) is 0.613. The topological polar surface area (TPSA) is 58.7 Å². The van der Waals surface area contributed by atoms with Crippen molar-refractivity contribution in [2.45, 2.75) is 13.5 Å². The van der Waals surface area contributed by atoms with Crippen molar-refractivity contribution >= 4 is 6.29 Å². The van der Waals surface area contributed by atoms with Gasteiger partial charge in [-0.15, -0.1) is 0 Å². The van der Waals surface area contributed by atoms with Gasteiger partial charge in [0.1, 0.15) is 12.4 Å². The Hall–Kier alpha value is -1.63. The number of hydrogen-bond donors (Lipinski definition) is 0. The normalized spacial score (nSPS) is 12.0. The monoisotopic (exact) mass is 163 g/mol. The molecule has 0 aromatic carbocycles. The molecule has 0 bridgehead atoms. The highest BCUT2D eigenvalue weighted by Crippen LogP contribution is 1.99. The Morgan fingerprint density at radius 3 is 3.17 bits per heavy atom. The van der Waals surface area contributed by atoms with E-state index in [0.717, 1.165) is 6.29 Å². The van der Waals surface area contributed by atoms with Crippen LogP contribution in [0.25, 0.3) is 0 Å². The minimum Gasteiger partial charge on any atom is -0.303 e. The maximum absolute atomic E-state index is 10.3. The van der Waals surface area contributed by atoms with Crippen LogP contribution < -0.4 is 0 Å². The predicted octanol–water partition coefficient (Wildman–Crippen LogP) is 0.590. The summed E-state index contributed by atoms with van der Waals surface area (Å²) in [5, 5.41) is 12.4. The highest BCUT2D eigenvalue weighted by molar-refractivity contribution is 5.52. The second-order valence-electron chi connectivity index (χ2n) is 2.68. The third kappa shape index (κ3) is 1.92. The van der Waals surface area contributed by atoms with Crippen molar-refractivity contribution in [2.24, 2.45) is 5.92 Å². The number of aldehydes is 1. The molecule has 4 nitrogen and oxygen atoms in total. The second kappa shape index (κ2) is 3.67. The molecule has 1 aromatic rings. The summed E-state index contributed by atoms with van der Waals surface area (Å²) in [5.41, 5.74) is 0.521. The molecule has 0 aliphatic rings. The molecule has 1 aromatic heterocycles. The van der Waals surface area contributed by atoms with Gasteiger partial charge in [-0.1, -0.05) is 6.92 Å². The van der Waals surface area contributed by atoms with E-state index in [0.29, 0.717) is 12.1 Å². The number of nitriles is 1. The summed E-state index contributed by atoms with van der Waals surface area (Å²) in [7, 11) is 0. The fraction of sp³-hybridized carbons (Fsp3) is 0.375. The van der Waals surface area contributed by atoms with E-state index in [1.807, 2.05) is 6.07 Å². The molecule has 1 rings (SSSR count). The number of nitrogens with zero attached hydrogens (tertiary/aromatic N) is 3. The lowest BCUT2D eigenvalue weighted by atomic mass is 10.2. The lowest BCUT2D eigenvalue weighted by molar-refractivity contribution is -0.111. The fourth-order valence-corrected chi connectivity index (χ4v) is 0.859. The summed E-state index contributed by atoms with van der Waals surface area (Å²) in [5.74, 6) is -0.0588. The van der Waals surface area contributed by atoms with Crippen LogP contribution in [0.15, 0.2) is 12.4 Å². The van der Waals surface area contributed by atoms with Crippen LogP contribution in [0.2, 0.25) is 0 Å². The number of hydrogen-bond acceptors (Lipinski definition) is 3. The Balaban J connectivity index is 2.65. The molecule has 1 unspecified atom stereocenters. The van der Waals surface area contributed by atoms with Crippen LogP contribution in [0.4, 0.5) is 0 Å². The van der Waals surface area contributed by atoms with E-state index in [2.05, 4.69) is 5.10 Å². The lowest BCUT2D eigenvalue weighted by Gasteiger charge is -2.01. The van der Waals surface area contributed by atoms with Gasteiger partial charge >= 0.3 is 0 Å². The molecular formula is C8H9N3O. The fourth-order valence-electron chi connectivity index (χ4n) is 0.859. The Morgan fingerprint density at radius 1 is 1.92 bits per heavy atom. The maximum Gasteiger partial charge on any atom is 0.124 e. The molecule has 0 saturated heterocycles. The zero-order valence-corrected chi connectivity index (χ0v) is 6.77. The van der Waals surface area contributed by atoms with Gasteiger partial charge in [-0.25, -0.2) is 0 Å². The Labute approximate surface area is 70.4 Å². The third-order valence-corrected chi connectivity index (χ3v) is 1.47. The van der Waals surface area contributed by atoms with Crippen LogP contribution in [-0.2, 0) is 11.3 Å². The molecule has 1 heterocycles. The van der Waals surface area contributed by atoms with Crippen molar-refractivity contribution in [2.75, 3.05) is 0 Å². The zero-order chi connectivity index (χ0) is 8.97. The first-order valence-corrected chi connectivity index (χ1v) is 3.64. The Kier molecular flexibility index (Phi) is 2.59. The Morgan fingerprint density at radius 2 is 2.67 bits per heavy atom. The molecule has 0 aliphatic carbocycles. The summed E-state index contributed by atoms with van der Waals surface area (Å²) >= 11 is 0. The predicted molar refractivity (Wildman–Crippen MR) is 42.2 cm³/mol. The number of carbonyl (C=O) groups is 1. The van der Waals surface area contributed by atoms with Gasteiger partial charge in [-0.3, -0.25) is 4.68 Å². The molecule has 1 atom stereocenters. The average Bonchev–Trinajstić information content (AvgIpc) is 2.52. The van der Waals surface area contributed by atoms with Crippen LogP contribution in [0.1, 0.15) is 12.5 Å². The van der Waals surface area contributed by atoms with E-state index in [1.165, 1.54) is 6.20 Å². The van der Waals surface area contributed by atoms with Crippen molar-refractivity contribution in [3.8, 4) is 6.07 Å². The van der Waals surface area contributed by atoms with Crippen LogP contribution in [0.5, 0.6) is 0 Å². The van der Waals surface area contributed by atoms with E-state index in [1.54, 1.807) is 17.8 Å². The molecular weight excluding hydrogens is 154 g/mol. The van der Waals surface area contributed by atoms with Gasteiger partial charge in [0, 0.05) is 12.1 Å². The Bertz CT molecular complexity index is 310. The van der Waals surface area contributed by atoms with E-state index in [9.17, 15) is 4.79 Å². The third-order valence-electron chi connectivity index (χ3n) is 1.47. The first-order chi connectivity index (χ1) is 5.76. The van der Waals surface area contributed by atoms with Crippen molar-refractivity contribution in [1.29, 1.82) is 5.26 Å². The molecule has 62 valence electrons. The smallest absolute Gasteiger partial charge is 0.124 e. The van der Waals surface area contributed by atoms with Gasteiger partial charge in [0.05, 0.1) is 18.3 Å². The van der Waals surface area contributed by atoms with Gasteiger partial charge in [-0.05, 0) is 0 Å². The molecule has 0 spiro atoms. The van der Waals surface area contributed by atoms with Crippen LogP contribution in [-0.4, -0.2) is 16.1 Å². The zero-order valence-electron chi connectivity index (χ0n) is 6.77. The van der Waals surface area contributed by atoms with E-state index in [-0.39, 0.29) is 5.92 Å². The number of carbonyl (C=O) groups excluding carboxylic acids is 1. The number of rotatable bonds is 3. The van der Waals surface area contributed by atoms with Crippen molar-refractivity contribution in [3.63, 3.8) is 0 Å². The van der Waals surface area contributed by atoms with Crippen LogP contribution in [0, 0.1) is 17.2 Å². The minimum atomic E-state index is -0.0588. The molecule has 0 fully saturated rings. The van der Waals surface area contributed by atoms with Gasteiger partial charge in [0.2, 0.25) is 0 Å². The first kappa shape index (κ1) is 8.47. The van der Waals surface area contributed by atoms with Crippen molar-refractivity contribution in [3.05, 3.63) is 18.0 Å². The highest BCUT2D eigenvalue weighted by Gasteiger charge is 2.02. The van der Waals surface area contributed by atoms with E-state index >= 15 is 0 Å². The highest BCUT2D eigenvalue weighted by atomic mass is 16.1.